The van der Waals surface area contributed by atoms with Crippen LogP contribution in [-0.2, 0) is 4.79 Å². The van der Waals surface area contributed by atoms with Gasteiger partial charge in [0.15, 0.2) is 0 Å². The third kappa shape index (κ3) is 3.52. The lowest BCUT2D eigenvalue weighted by molar-refractivity contribution is 0.565. The average Bonchev–Trinajstić information content (AvgIpc) is 2.17. The van der Waals surface area contributed by atoms with Crippen molar-refractivity contribution in [1.82, 2.24) is 4.98 Å². The van der Waals surface area contributed by atoms with Crippen LogP contribution in [0.15, 0.2) is 23.5 Å². The summed E-state index contributed by atoms with van der Waals surface area (Å²) in [7, 11) is 1.99. The SMILES string of the molecule is CC(C)CN(C)c1cncc(N=C=O)c1. The van der Waals surface area contributed by atoms with Gasteiger partial charge < -0.3 is 4.90 Å². The van der Waals surface area contributed by atoms with Crippen molar-refractivity contribution in [1.29, 1.82) is 0 Å². The van der Waals surface area contributed by atoms with E-state index in [9.17, 15) is 4.79 Å². The Morgan fingerprint density at radius 2 is 2.27 bits per heavy atom. The van der Waals surface area contributed by atoms with Gasteiger partial charge in [-0.25, -0.2) is 4.79 Å². The molecule has 0 aliphatic heterocycles. The van der Waals surface area contributed by atoms with Gasteiger partial charge in [0.1, 0.15) is 0 Å². The van der Waals surface area contributed by atoms with Crippen molar-refractivity contribution in [3.8, 4) is 0 Å². The first kappa shape index (κ1) is 11.4. The first-order chi connectivity index (χ1) is 7.13. The molecule has 0 atom stereocenters. The van der Waals surface area contributed by atoms with Gasteiger partial charge in [0.2, 0.25) is 6.08 Å². The minimum absolute atomic E-state index is 0.540. The molecule has 0 spiro atoms. The molecule has 0 bridgehead atoms. The Balaban J connectivity index is 2.84. The number of nitrogens with zero attached hydrogens (tertiary/aromatic N) is 3. The smallest absolute Gasteiger partial charge is 0.240 e. The van der Waals surface area contributed by atoms with Crippen LogP contribution < -0.4 is 4.90 Å². The molecular formula is C11H15N3O. The van der Waals surface area contributed by atoms with Crippen molar-refractivity contribution in [2.45, 2.75) is 13.8 Å². The Kier molecular flexibility index (Phi) is 4.01. The highest BCUT2D eigenvalue weighted by Gasteiger charge is 2.04. The predicted octanol–water partition coefficient (Wildman–Crippen LogP) is 2.14. The number of aromatic nitrogens is 1. The summed E-state index contributed by atoms with van der Waals surface area (Å²) in [4.78, 5) is 19.7. The van der Waals surface area contributed by atoms with Gasteiger partial charge in [-0.3, -0.25) is 4.98 Å². The Labute approximate surface area is 89.7 Å². The van der Waals surface area contributed by atoms with Crippen LogP contribution in [0, 0.1) is 5.92 Å². The zero-order chi connectivity index (χ0) is 11.3. The van der Waals surface area contributed by atoms with Gasteiger partial charge in [-0.05, 0) is 12.0 Å². The molecule has 0 unspecified atom stereocenters. The summed E-state index contributed by atoms with van der Waals surface area (Å²) < 4.78 is 0. The van der Waals surface area contributed by atoms with Gasteiger partial charge in [0.25, 0.3) is 0 Å². The van der Waals surface area contributed by atoms with E-state index in [0.717, 1.165) is 12.2 Å². The second-order valence-electron chi connectivity index (χ2n) is 3.88. The van der Waals surface area contributed by atoms with Crippen molar-refractivity contribution < 1.29 is 4.79 Å². The summed E-state index contributed by atoms with van der Waals surface area (Å²) in [5.41, 5.74) is 1.50. The molecule has 0 aliphatic carbocycles. The van der Waals surface area contributed by atoms with Crippen LogP contribution in [0.1, 0.15) is 13.8 Å². The average molecular weight is 205 g/mol. The maximum atomic E-state index is 10.1. The van der Waals surface area contributed by atoms with Crippen molar-refractivity contribution in [3.05, 3.63) is 18.5 Å². The fourth-order valence-corrected chi connectivity index (χ4v) is 1.39. The van der Waals surface area contributed by atoms with Crippen LogP contribution in [0.2, 0.25) is 0 Å². The van der Waals surface area contributed by atoms with Crippen LogP contribution in [0.3, 0.4) is 0 Å². The Hall–Kier alpha value is -1.67. The summed E-state index contributed by atoms with van der Waals surface area (Å²) in [5.74, 6) is 0.577. The van der Waals surface area contributed by atoms with Gasteiger partial charge >= 0.3 is 0 Å². The standard InChI is InChI=1S/C11H15N3O/c1-9(2)7-14(3)11-4-10(13-8-15)5-12-6-11/h4-6,9H,7H2,1-3H3. The molecule has 0 aromatic carbocycles. The van der Waals surface area contributed by atoms with Crippen LogP contribution in [0.4, 0.5) is 11.4 Å². The molecular weight excluding hydrogens is 190 g/mol. The molecule has 1 aromatic heterocycles. The van der Waals surface area contributed by atoms with E-state index in [1.165, 1.54) is 12.3 Å². The van der Waals surface area contributed by atoms with E-state index in [2.05, 4.69) is 28.7 Å². The summed E-state index contributed by atoms with van der Waals surface area (Å²) in [5, 5.41) is 0. The highest BCUT2D eigenvalue weighted by atomic mass is 16.1. The molecule has 0 fully saturated rings. The normalized spacial score (nSPS) is 9.87. The fourth-order valence-electron chi connectivity index (χ4n) is 1.39. The summed E-state index contributed by atoms with van der Waals surface area (Å²) in [6.07, 6.45) is 4.80. The molecule has 1 heterocycles. The highest BCUT2D eigenvalue weighted by molar-refractivity contribution is 5.56. The van der Waals surface area contributed by atoms with Crippen LogP contribution >= 0.6 is 0 Å². The van der Waals surface area contributed by atoms with E-state index in [-0.39, 0.29) is 0 Å². The molecule has 15 heavy (non-hydrogen) atoms. The second kappa shape index (κ2) is 5.27. The quantitative estimate of drug-likeness (QED) is 0.559. The molecule has 0 amide bonds. The van der Waals surface area contributed by atoms with Crippen molar-refractivity contribution in [2.24, 2.45) is 10.9 Å². The lowest BCUT2D eigenvalue weighted by Gasteiger charge is -2.20. The van der Waals surface area contributed by atoms with Crippen LogP contribution in [0.25, 0.3) is 0 Å². The largest absolute Gasteiger partial charge is 0.373 e. The molecule has 80 valence electrons. The Morgan fingerprint density at radius 3 is 2.87 bits per heavy atom. The molecule has 0 aliphatic rings. The zero-order valence-electron chi connectivity index (χ0n) is 9.27. The minimum Gasteiger partial charge on any atom is -0.373 e. The third-order valence-corrected chi connectivity index (χ3v) is 1.96. The number of hydrogen-bond acceptors (Lipinski definition) is 4. The lowest BCUT2D eigenvalue weighted by Crippen LogP contribution is -2.22. The van der Waals surface area contributed by atoms with Crippen LogP contribution in [0.5, 0.6) is 0 Å². The van der Waals surface area contributed by atoms with Crippen LogP contribution in [-0.4, -0.2) is 24.7 Å². The van der Waals surface area contributed by atoms with E-state index in [4.69, 9.17) is 0 Å². The molecule has 1 aromatic rings. The summed E-state index contributed by atoms with van der Waals surface area (Å²) >= 11 is 0. The van der Waals surface area contributed by atoms with Gasteiger partial charge in [-0.1, -0.05) is 13.8 Å². The minimum atomic E-state index is 0.540. The third-order valence-electron chi connectivity index (χ3n) is 1.96. The summed E-state index contributed by atoms with van der Waals surface area (Å²) in [6, 6.07) is 1.82. The van der Waals surface area contributed by atoms with Gasteiger partial charge in [-0.15, -0.1) is 0 Å². The van der Waals surface area contributed by atoms with Gasteiger partial charge in [-0.2, -0.15) is 4.99 Å². The molecule has 0 N–H and O–H groups in total. The number of isocyanates is 1. The van der Waals surface area contributed by atoms with Crippen molar-refractivity contribution in [2.75, 3.05) is 18.5 Å². The van der Waals surface area contributed by atoms with E-state index in [1.54, 1.807) is 6.20 Å². The number of hydrogen-bond donors (Lipinski definition) is 0. The molecule has 4 nitrogen and oxygen atoms in total. The topological polar surface area (TPSA) is 45.6 Å². The fraction of sp³-hybridized carbons (Fsp3) is 0.455. The number of aliphatic imine (C=N–C) groups is 1. The monoisotopic (exact) mass is 205 g/mol. The van der Waals surface area contributed by atoms with E-state index >= 15 is 0 Å². The van der Waals surface area contributed by atoms with E-state index < -0.39 is 0 Å². The zero-order valence-corrected chi connectivity index (χ0v) is 9.27. The maximum Gasteiger partial charge on any atom is 0.240 e. The lowest BCUT2D eigenvalue weighted by atomic mass is 10.2. The number of carbonyl (C=O) groups excluding carboxylic acids is 1. The van der Waals surface area contributed by atoms with Gasteiger partial charge in [0.05, 0.1) is 23.8 Å². The molecule has 4 heteroatoms. The first-order valence-corrected chi connectivity index (χ1v) is 4.87. The van der Waals surface area contributed by atoms with E-state index in [0.29, 0.717) is 11.6 Å². The number of rotatable bonds is 4. The van der Waals surface area contributed by atoms with Crippen molar-refractivity contribution in [3.63, 3.8) is 0 Å². The number of pyridine rings is 1. The molecule has 0 radical (unpaired) electrons. The molecule has 1 rings (SSSR count). The first-order valence-electron chi connectivity index (χ1n) is 4.87. The highest BCUT2D eigenvalue weighted by Crippen LogP contribution is 2.18. The number of anilines is 1. The van der Waals surface area contributed by atoms with Gasteiger partial charge in [0, 0.05) is 13.6 Å². The van der Waals surface area contributed by atoms with E-state index in [1.807, 2.05) is 13.1 Å². The second-order valence-corrected chi connectivity index (χ2v) is 3.88. The predicted molar refractivity (Wildman–Crippen MR) is 60.1 cm³/mol. The Morgan fingerprint density at radius 1 is 1.53 bits per heavy atom. The Bertz CT molecular complexity index is 370. The molecule has 0 saturated heterocycles. The summed E-state index contributed by atoms with van der Waals surface area (Å²) in [6.45, 7) is 5.24. The van der Waals surface area contributed by atoms with Crippen molar-refractivity contribution >= 4 is 17.5 Å². The molecule has 0 saturated carbocycles. The maximum absolute atomic E-state index is 10.1.